The van der Waals surface area contributed by atoms with Crippen LogP contribution in [-0.4, -0.2) is 24.0 Å². The molecular weight excluding hydrogens is 182 g/mol. The summed E-state index contributed by atoms with van der Waals surface area (Å²) < 4.78 is 11.4. The van der Waals surface area contributed by atoms with Crippen LogP contribution in [-0.2, 0) is 9.47 Å². The van der Waals surface area contributed by atoms with E-state index in [0.717, 1.165) is 0 Å². The van der Waals surface area contributed by atoms with Crippen LogP contribution in [0.4, 0.5) is 0 Å². The van der Waals surface area contributed by atoms with Crippen LogP contribution in [0.3, 0.4) is 0 Å². The minimum absolute atomic E-state index is 0.0111. The monoisotopic (exact) mass is 199 g/mol. The van der Waals surface area contributed by atoms with Crippen LogP contribution in [0.1, 0.15) is 34.1 Å². The molecule has 1 fully saturated rings. The molecule has 0 aromatic heterocycles. The third-order valence-electron chi connectivity index (χ3n) is 2.26. The number of hydrogen-bond acceptors (Lipinski definition) is 3. The topological polar surface area (TPSA) is 67.2 Å². The number of rotatable bonds is 3. The average molecular weight is 199 g/mol. The van der Waals surface area contributed by atoms with E-state index in [9.17, 15) is 0 Å². The molecule has 0 aromatic rings. The lowest BCUT2D eigenvalue weighted by Crippen LogP contribution is -2.33. The summed E-state index contributed by atoms with van der Waals surface area (Å²) in [5.41, 5.74) is 7.85. The van der Waals surface area contributed by atoms with Gasteiger partial charge in [-0.25, -0.2) is 0 Å². The van der Waals surface area contributed by atoms with E-state index in [2.05, 4.69) is 10.0 Å². The second-order valence-electron chi connectivity index (χ2n) is 4.45. The summed E-state index contributed by atoms with van der Waals surface area (Å²) in [7, 11) is 0. The van der Waals surface area contributed by atoms with Crippen LogP contribution in [0.2, 0.25) is 0 Å². The van der Waals surface area contributed by atoms with Crippen molar-refractivity contribution in [2.24, 2.45) is 5.11 Å². The number of ether oxygens (including phenoxy) is 2. The van der Waals surface area contributed by atoms with E-state index >= 15 is 0 Å². The molecule has 14 heavy (non-hydrogen) atoms. The summed E-state index contributed by atoms with van der Waals surface area (Å²) in [4.78, 5) is 2.71. The lowest BCUT2D eigenvalue weighted by Gasteiger charge is -2.23. The summed E-state index contributed by atoms with van der Waals surface area (Å²) >= 11 is 0. The van der Waals surface area contributed by atoms with Gasteiger partial charge in [0.05, 0.1) is 11.7 Å². The number of hydrogen-bond donors (Lipinski definition) is 0. The van der Waals surface area contributed by atoms with E-state index in [4.69, 9.17) is 15.0 Å². The Kier molecular flexibility index (Phi) is 3.04. The van der Waals surface area contributed by atoms with E-state index in [0.29, 0.717) is 13.0 Å². The van der Waals surface area contributed by atoms with E-state index in [1.165, 1.54) is 0 Å². The predicted molar refractivity (Wildman–Crippen MR) is 52.7 cm³/mol. The summed E-state index contributed by atoms with van der Waals surface area (Å²) in [6.45, 7) is 8.21. The Morgan fingerprint density at radius 3 is 2.43 bits per heavy atom. The molecule has 80 valence electrons. The van der Waals surface area contributed by atoms with Crippen LogP contribution in [0.15, 0.2) is 5.11 Å². The minimum atomic E-state index is -0.537. The van der Waals surface area contributed by atoms with Gasteiger partial charge in [-0.05, 0) is 39.6 Å². The molecular formula is C9H17N3O2. The highest BCUT2D eigenvalue weighted by Gasteiger charge is 2.46. The van der Waals surface area contributed by atoms with Gasteiger partial charge in [0.25, 0.3) is 0 Å². The van der Waals surface area contributed by atoms with Crippen LogP contribution in [0, 0.1) is 0 Å². The van der Waals surface area contributed by atoms with Crippen LogP contribution >= 0.6 is 0 Å². The zero-order valence-electron chi connectivity index (χ0n) is 9.15. The number of nitrogens with zero attached hydrogens (tertiary/aromatic N) is 3. The quantitative estimate of drug-likeness (QED) is 0.398. The van der Waals surface area contributed by atoms with Crippen molar-refractivity contribution in [2.75, 3.05) is 6.54 Å². The summed E-state index contributed by atoms with van der Waals surface area (Å²) in [6, 6.07) is 0. The van der Waals surface area contributed by atoms with Crippen molar-refractivity contribution < 1.29 is 9.47 Å². The molecule has 0 amide bonds. The summed E-state index contributed by atoms with van der Waals surface area (Å²) in [5.74, 6) is -0.537. The van der Waals surface area contributed by atoms with Crippen molar-refractivity contribution in [3.63, 3.8) is 0 Å². The van der Waals surface area contributed by atoms with Gasteiger partial charge in [-0.15, -0.1) is 0 Å². The Bertz CT molecular complexity index is 257. The molecule has 0 saturated carbocycles. The van der Waals surface area contributed by atoms with Crippen LogP contribution in [0.25, 0.3) is 10.4 Å². The minimum Gasteiger partial charge on any atom is -0.344 e. The highest BCUT2D eigenvalue weighted by molar-refractivity contribution is 4.89. The molecule has 1 atom stereocenters. The fourth-order valence-corrected chi connectivity index (χ4v) is 1.83. The maximum atomic E-state index is 8.16. The summed E-state index contributed by atoms with van der Waals surface area (Å²) in [6.07, 6.45) is 0.684. The lowest BCUT2D eigenvalue weighted by molar-refractivity contribution is -0.157. The normalized spacial score (nSPS) is 28.4. The van der Waals surface area contributed by atoms with Crippen molar-refractivity contribution in [1.29, 1.82) is 0 Å². The lowest BCUT2D eigenvalue weighted by atomic mass is 9.99. The highest BCUT2D eigenvalue weighted by atomic mass is 16.8. The first-order valence-corrected chi connectivity index (χ1v) is 4.76. The van der Waals surface area contributed by atoms with Gasteiger partial charge in [-0.1, -0.05) is 5.11 Å². The zero-order valence-corrected chi connectivity index (χ0v) is 9.15. The van der Waals surface area contributed by atoms with Crippen molar-refractivity contribution >= 4 is 0 Å². The third-order valence-corrected chi connectivity index (χ3v) is 2.26. The van der Waals surface area contributed by atoms with E-state index in [-0.39, 0.29) is 11.7 Å². The Hall–Kier alpha value is -0.770. The molecule has 1 rings (SSSR count). The molecule has 1 heterocycles. The maximum absolute atomic E-state index is 8.16. The third kappa shape index (κ3) is 2.61. The van der Waals surface area contributed by atoms with Gasteiger partial charge in [0.15, 0.2) is 5.79 Å². The van der Waals surface area contributed by atoms with Gasteiger partial charge in [0.1, 0.15) is 0 Å². The van der Waals surface area contributed by atoms with Gasteiger partial charge >= 0.3 is 0 Å². The molecule has 0 unspecified atom stereocenters. The van der Waals surface area contributed by atoms with Crippen LogP contribution < -0.4 is 0 Å². The fourth-order valence-electron chi connectivity index (χ4n) is 1.83. The second kappa shape index (κ2) is 3.77. The molecule has 0 bridgehead atoms. The Morgan fingerprint density at radius 2 is 2.00 bits per heavy atom. The zero-order chi connectivity index (χ0) is 10.8. The molecule has 1 aliphatic rings. The summed E-state index contributed by atoms with van der Waals surface area (Å²) in [5, 5.41) is 3.49. The van der Waals surface area contributed by atoms with E-state index in [1.54, 1.807) is 0 Å². The van der Waals surface area contributed by atoms with E-state index < -0.39 is 5.79 Å². The first-order chi connectivity index (χ1) is 6.37. The standard InChI is InChI=1S/C9H17N3O2/c1-8(2)7(5-6-11-12-10)13-9(3,4)14-8/h7H,5-6H2,1-4H3/t7-/m0/s1. The van der Waals surface area contributed by atoms with Crippen molar-refractivity contribution in [3.8, 4) is 0 Å². The van der Waals surface area contributed by atoms with Gasteiger partial charge in [0, 0.05) is 11.5 Å². The van der Waals surface area contributed by atoms with Crippen LogP contribution in [0.5, 0.6) is 0 Å². The van der Waals surface area contributed by atoms with Gasteiger partial charge in [0.2, 0.25) is 0 Å². The second-order valence-corrected chi connectivity index (χ2v) is 4.45. The SMILES string of the molecule is CC1(C)O[C@@H](CCN=[N+]=[N-])C(C)(C)O1. The Balaban J connectivity index is 2.56. The highest BCUT2D eigenvalue weighted by Crippen LogP contribution is 2.37. The van der Waals surface area contributed by atoms with Gasteiger partial charge in [-0.2, -0.15) is 0 Å². The molecule has 0 aromatic carbocycles. The molecule has 0 spiro atoms. The van der Waals surface area contributed by atoms with Crippen molar-refractivity contribution in [1.82, 2.24) is 0 Å². The smallest absolute Gasteiger partial charge is 0.164 e. The molecule has 1 saturated heterocycles. The molecule has 1 aliphatic heterocycles. The molecule has 0 N–H and O–H groups in total. The van der Waals surface area contributed by atoms with Gasteiger partial charge < -0.3 is 9.47 Å². The fraction of sp³-hybridized carbons (Fsp3) is 1.00. The van der Waals surface area contributed by atoms with Gasteiger partial charge in [-0.3, -0.25) is 0 Å². The first kappa shape index (κ1) is 11.3. The predicted octanol–water partition coefficient (Wildman–Crippen LogP) is 2.62. The van der Waals surface area contributed by atoms with Crippen molar-refractivity contribution in [2.45, 2.75) is 51.6 Å². The molecule has 0 aliphatic carbocycles. The van der Waals surface area contributed by atoms with Crippen molar-refractivity contribution in [3.05, 3.63) is 10.4 Å². The first-order valence-electron chi connectivity index (χ1n) is 4.76. The number of azide groups is 1. The van der Waals surface area contributed by atoms with E-state index in [1.807, 2.05) is 27.7 Å². The molecule has 5 nitrogen and oxygen atoms in total. The Morgan fingerprint density at radius 1 is 1.36 bits per heavy atom. The molecule has 5 heteroatoms. The maximum Gasteiger partial charge on any atom is 0.164 e. The molecule has 0 radical (unpaired) electrons. The largest absolute Gasteiger partial charge is 0.344 e. The Labute approximate surface area is 84.0 Å². The average Bonchev–Trinajstić information content (AvgIpc) is 2.20.